The number of anilines is 1. The summed E-state index contributed by atoms with van der Waals surface area (Å²) in [5.41, 5.74) is 0.316. The molecule has 2 N–H and O–H groups in total. The van der Waals surface area contributed by atoms with E-state index in [0.29, 0.717) is 17.5 Å². The molecule has 0 atom stereocenters. The highest BCUT2D eigenvalue weighted by molar-refractivity contribution is 7.89. The van der Waals surface area contributed by atoms with E-state index >= 15 is 0 Å². The smallest absolute Gasteiger partial charge is 0.241 e. The van der Waals surface area contributed by atoms with E-state index in [2.05, 4.69) is 10.0 Å². The highest BCUT2D eigenvalue weighted by Gasteiger charge is 2.15. The minimum Gasteiger partial charge on any atom is -0.491 e. The molecule has 7 nitrogen and oxygen atoms in total. The number of halogens is 2. The first-order valence-electron chi connectivity index (χ1n) is 9.33. The number of ether oxygens (including phenoxy) is 1. The van der Waals surface area contributed by atoms with Gasteiger partial charge in [-0.3, -0.25) is 4.79 Å². The van der Waals surface area contributed by atoms with E-state index in [0.717, 1.165) is 6.07 Å². The van der Waals surface area contributed by atoms with Crippen LogP contribution in [0.1, 0.15) is 18.6 Å². The van der Waals surface area contributed by atoms with Gasteiger partial charge in [-0.05, 0) is 48.9 Å². The number of carbonyl (C=O) groups excluding carboxylic acids is 1. The van der Waals surface area contributed by atoms with Crippen LogP contribution in [0.3, 0.4) is 0 Å². The van der Waals surface area contributed by atoms with E-state index in [1.807, 2.05) is 0 Å². The number of hydrogen-bond acceptors (Lipinski definition) is 5. The Balaban J connectivity index is 1.48. The number of benzene rings is 2. The summed E-state index contributed by atoms with van der Waals surface area (Å²) in [7, 11) is -3.80. The van der Waals surface area contributed by atoms with Crippen LogP contribution < -0.4 is 14.8 Å². The van der Waals surface area contributed by atoms with Gasteiger partial charge in [0.15, 0.2) is 11.6 Å². The Kier molecular flexibility index (Phi) is 7.37. The molecule has 164 valence electrons. The van der Waals surface area contributed by atoms with Crippen LogP contribution in [0.5, 0.6) is 5.75 Å². The topological polar surface area (TPSA) is 97.6 Å². The largest absolute Gasteiger partial charge is 0.491 e. The lowest BCUT2D eigenvalue weighted by atomic mass is 10.2. The second-order valence-corrected chi connectivity index (χ2v) is 8.27. The zero-order valence-electron chi connectivity index (χ0n) is 16.3. The Morgan fingerprint density at radius 1 is 1.06 bits per heavy atom. The van der Waals surface area contributed by atoms with Crippen LogP contribution in [0.4, 0.5) is 14.5 Å². The van der Waals surface area contributed by atoms with Crippen LogP contribution in [0, 0.1) is 11.6 Å². The molecule has 0 bridgehead atoms. The second-order valence-electron chi connectivity index (χ2n) is 6.51. The minimum atomic E-state index is -3.80. The molecule has 2 aromatic carbocycles. The molecule has 0 unspecified atom stereocenters. The fourth-order valence-corrected chi connectivity index (χ4v) is 3.67. The summed E-state index contributed by atoms with van der Waals surface area (Å²) in [4.78, 5) is 12.1. The molecule has 0 aliphatic rings. The lowest BCUT2D eigenvalue weighted by molar-refractivity contribution is -0.116. The molecule has 0 saturated carbocycles. The molecule has 0 aliphatic carbocycles. The molecule has 31 heavy (non-hydrogen) atoms. The van der Waals surface area contributed by atoms with Crippen molar-refractivity contribution in [3.8, 4) is 5.75 Å². The minimum absolute atomic E-state index is 0.000565. The van der Waals surface area contributed by atoms with Gasteiger partial charge in [0, 0.05) is 18.2 Å². The summed E-state index contributed by atoms with van der Waals surface area (Å²) in [6, 6.07) is 12.1. The van der Waals surface area contributed by atoms with Crippen molar-refractivity contribution in [2.75, 3.05) is 11.9 Å². The predicted molar refractivity (Wildman–Crippen MR) is 109 cm³/mol. The molecule has 10 heteroatoms. The summed E-state index contributed by atoms with van der Waals surface area (Å²) in [5, 5.41) is 2.61. The summed E-state index contributed by atoms with van der Waals surface area (Å²) in [5.74, 6) is -1.51. The zero-order valence-corrected chi connectivity index (χ0v) is 17.1. The van der Waals surface area contributed by atoms with E-state index < -0.39 is 21.7 Å². The lowest BCUT2D eigenvalue weighted by Crippen LogP contribution is -2.23. The van der Waals surface area contributed by atoms with Crippen molar-refractivity contribution in [1.82, 2.24) is 4.72 Å². The Bertz CT molecular complexity index is 1130. The highest BCUT2D eigenvalue weighted by atomic mass is 32.2. The maximum atomic E-state index is 13.5. The third kappa shape index (κ3) is 6.63. The van der Waals surface area contributed by atoms with Gasteiger partial charge in [0.25, 0.3) is 0 Å². The number of rotatable bonds is 10. The van der Waals surface area contributed by atoms with Crippen LogP contribution in [-0.4, -0.2) is 20.9 Å². The van der Waals surface area contributed by atoms with E-state index in [-0.39, 0.29) is 42.5 Å². The number of amides is 1. The van der Waals surface area contributed by atoms with Crippen molar-refractivity contribution in [3.05, 3.63) is 78.3 Å². The van der Waals surface area contributed by atoms with Crippen molar-refractivity contribution < 1.29 is 31.1 Å². The fourth-order valence-electron chi connectivity index (χ4n) is 2.63. The molecule has 1 amide bonds. The van der Waals surface area contributed by atoms with Gasteiger partial charge in [-0.1, -0.05) is 6.07 Å². The van der Waals surface area contributed by atoms with E-state index in [1.54, 1.807) is 18.2 Å². The van der Waals surface area contributed by atoms with Gasteiger partial charge in [-0.15, -0.1) is 0 Å². The van der Waals surface area contributed by atoms with Crippen molar-refractivity contribution >= 4 is 21.6 Å². The van der Waals surface area contributed by atoms with Crippen LogP contribution in [0.15, 0.2) is 70.2 Å². The molecule has 0 spiro atoms. The lowest BCUT2D eigenvalue weighted by Gasteiger charge is -2.10. The molecule has 1 aromatic heterocycles. The standard InChI is InChI=1S/C21H20F2N2O5S/c22-15-8-9-20(19(23)12-15)30-11-3-7-21(26)25-16-4-1-6-18(13-16)31(27,28)24-14-17-5-2-10-29-17/h1-2,4-6,8-10,12-13,24H,3,7,11,14H2,(H,25,26). The van der Waals surface area contributed by atoms with Gasteiger partial charge in [0.05, 0.1) is 24.3 Å². The van der Waals surface area contributed by atoms with E-state index in [9.17, 15) is 22.0 Å². The van der Waals surface area contributed by atoms with Crippen molar-refractivity contribution in [2.24, 2.45) is 0 Å². The summed E-state index contributed by atoms with van der Waals surface area (Å²) in [6.45, 7) is 0.0572. The molecule has 3 rings (SSSR count). The molecular weight excluding hydrogens is 430 g/mol. The van der Waals surface area contributed by atoms with Gasteiger partial charge >= 0.3 is 0 Å². The molecule has 3 aromatic rings. The Hall–Kier alpha value is -3.24. The summed E-state index contributed by atoms with van der Waals surface area (Å²) < 4.78 is 63.9. The van der Waals surface area contributed by atoms with Gasteiger partial charge in [-0.2, -0.15) is 0 Å². The fraction of sp³-hybridized carbons (Fsp3) is 0.190. The third-order valence-electron chi connectivity index (χ3n) is 4.14. The number of furan rings is 1. The highest BCUT2D eigenvalue weighted by Crippen LogP contribution is 2.19. The van der Waals surface area contributed by atoms with Crippen LogP contribution >= 0.6 is 0 Å². The van der Waals surface area contributed by atoms with Gasteiger partial charge in [0.1, 0.15) is 11.6 Å². The Morgan fingerprint density at radius 2 is 1.90 bits per heavy atom. The SMILES string of the molecule is O=C(CCCOc1ccc(F)cc1F)Nc1cccc(S(=O)(=O)NCc2ccco2)c1. The molecule has 0 fully saturated rings. The van der Waals surface area contributed by atoms with Crippen LogP contribution in [0.2, 0.25) is 0 Å². The molecule has 0 saturated heterocycles. The Morgan fingerprint density at radius 3 is 2.65 bits per heavy atom. The van der Waals surface area contributed by atoms with Crippen LogP contribution in [-0.2, 0) is 21.4 Å². The molecular formula is C21H20F2N2O5S. The van der Waals surface area contributed by atoms with Gasteiger partial charge < -0.3 is 14.5 Å². The molecule has 0 radical (unpaired) electrons. The van der Waals surface area contributed by atoms with Crippen molar-refractivity contribution in [3.63, 3.8) is 0 Å². The number of hydrogen-bond donors (Lipinski definition) is 2. The average Bonchev–Trinajstić information content (AvgIpc) is 3.25. The number of sulfonamides is 1. The summed E-state index contributed by atoms with van der Waals surface area (Å²) in [6.07, 6.45) is 1.79. The number of nitrogens with one attached hydrogen (secondary N) is 2. The van der Waals surface area contributed by atoms with E-state index in [1.165, 1.54) is 30.5 Å². The normalized spacial score (nSPS) is 11.3. The maximum Gasteiger partial charge on any atom is 0.241 e. The molecule has 0 aliphatic heterocycles. The first kappa shape index (κ1) is 22.4. The third-order valence-corrected chi connectivity index (χ3v) is 5.54. The molecule has 1 heterocycles. The van der Waals surface area contributed by atoms with Crippen LogP contribution in [0.25, 0.3) is 0 Å². The van der Waals surface area contributed by atoms with Gasteiger partial charge in [0.2, 0.25) is 15.9 Å². The van der Waals surface area contributed by atoms with Crippen molar-refractivity contribution in [1.29, 1.82) is 0 Å². The first-order valence-corrected chi connectivity index (χ1v) is 10.8. The summed E-state index contributed by atoms with van der Waals surface area (Å²) >= 11 is 0. The monoisotopic (exact) mass is 450 g/mol. The average molecular weight is 450 g/mol. The Labute approximate surface area is 178 Å². The predicted octanol–water partition coefficient (Wildman–Crippen LogP) is 3.83. The van der Waals surface area contributed by atoms with Gasteiger partial charge in [-0.25, -0.2) is 21.9 Å². The van der Waals surface area contributed by atoms with Crippen molar-refractivity contribution in [2.45, 2.75) is 24.3 Å². The quantitative estimate of drug-likeness (QED) is 0.458. The second kappa shape index (κ2) is 10.2. The first-order chi connectivity index (χ1) is 14.8. The number of carbonyl (C=O) groups is 1. The maximum absolute atomic E-state index is 13.5. The van der Waals surface area contributed by atoms with E-state index in [4.69, 9.17) is 9.15 Å². The zero-order chi connectivity index (χ0) is 22.3.